The molecule has 7 nitrogen and oxygen atoms in total. The van der Waals surface area contributed by atoms with Crippen molar-refractivity contribution >= 4 is 28.4 Å². The van der Waals surface area contributed by atoms with E-state index in [0.717, 1.165) is 17.4 Å². The second-order valence-corrected chi connectivity index (χ2v) is 7.41. The molecule has 4 rings (SSSR count). The number of carbonyl (C=O) groups is 2. The standard InChI is InChI=1S/C22H23N3O4/c1-24(2)10-6-11-25-19(17-9-5-12-29-17)18(21(27)22(25)28)20(26)15-13-23-16-8-4-3-7-14(15)16/h3-5,7-9,12-13,19,23,26H,6,10-11H2,1-2H3/b20-18+. The number of aromatic nitrogens is 1. The number of H-pyrrole nitrogens is 1. The third-order valence-electron chi connectivity index (χ3n) is 5.20. The van der Waals surface area contributed by atoms with Crippen molar-refractivity contribution < 1.29 is 19.1 Å². The zero-order chi connectivity index (χ0) is 20.5. The van der Waals surface area contributed by atoms with E-state index in [2.05, 4.69) is 4.98 Å². The Morgan fingerprint density at radius 3 is 2.72 bits per heavy atom. The van der Waals surface area contributed by atoms with E-state index in [-0.39, 0.29) is 11.3 Å². The van der Waals surface area contributed by atoms with Crippen molar-refractivity contribution in [3.63, 3.8) is 0 Å². The number of para-hydroxylation sites is 1. The normalized spacial score (nSPS) is 19.0. The number of amides is 1. The molecule has 1 fully saturated rings. The van der Waals surface area contributed by atoms with Crippen LogP contribution >= 0.6 is 0 Å². The number of carbonyl (C=O) groups excluding carboxylic acids is 2. The van der Waals surface area contributed by atoms with Crippen molar-refractivity contribution in [1.29, 1.82) is 0 Å². The molecule has 1 unspecified atom stereocenters. The molecule has 0 aliphatic carbocycles. The van der Waals surface area contributed by atoms with E-state index in [1.165, 1.54) is 11.2 Å². The van der Waals surface area contributed by atoms with Gasteiger partial charge in [-0.15, -0.1) is 0 Å². The van der Waals surface area contributed by atoms with Crippen molar-refractivity contribution in [2.75, 3.05) is 27.2 Å². The summed E-state index contributed by atoms with van der Waals surface area (Å²) in [7, 11) is 3.91. The number of hydrogen-bond donors (Lipinski definition) is 2. The first-order chi connectivity index (χ1) is 14.0. The van der Waals surface area contributed by atoms with Gasteiger partial charge in [0.1, 0.15) is 17.6 Å². The van der Waals surface area contributed by atoms with Gasteiger partial charge in [0.05, 0.1) is 11.8 Å². The van der Waals surface area contributed by atoms with Crippen LogP contribution in [0.1, 0.15) is 23.8 Å². The van der Waals surface area contributed by atoms with E-state index in [4.69, 9.17) is 4.42 Å². The second kappa shape index (κ2) is 7.60. The molecule has 29 heavy (non-hydrogen) atoms. The van der Waals surface area contributed by atoms with Gasteiger partial charge >= 0.3 is 0 Å². The molecule has 0 bridgehead atoms. The van der Waals surface area contributed by atoms with Crippen LogP contribution in [0.3, 0.4) is 0 Å². The predicted molar refractivity (Wildman–Crippen MR) is 109 cm³/mol. The predicted octanol–water partition coefficient (Wildman–Crippen LogP) is 3.13. The van der Waals surface area contributed by atoms with Gasteiger partial charge in [-0.05, 0) is 45.3 Å². The van der Waals surface area contributed by atoms with Crippen molar-refractivity contribution in [3.05, 3.63) is 65.8 Å². The number of aromatic amines is 1. The molecule has 7 heteroatoms. The Balaban J connectivity index is 1.81. The first kappa shape index (κ1) is 19.0. The zero-order valence-corrected chi connectivity index (χ0v) is 16.4. The highest BCUT2D eigenvalue weighted by Gasteiger charge is 2.47. The lowest BCUT2D eigenvalue weighted by atomic mass is 9.99. The number of nitrogens with zero attached hydrogens (tertiary/aromatic N) is 2. The summed E-state index contributed by atoms with van der Waals surface area (Å²) < 4.78 is 5.55. The maximum Gasteiger partial charge on any atom is 0.295 e. The smallest absolute Gasteiger partial charge is 0.295 e. The summed E-state index contributed by atoms with van der Waals surface area (Å²) in [5.41, 5.74) is 1.38. The lowest BCUT2D eigenvalue weighted by Crippen LogP contribution is -2.32. The Kier molecular flexibility index (Phi) is 4.98. The Labute approximate surface area is 168 Å². The summed E-state index contributed by atoms with van der Waals surface area (Å²) in [6, 6.07) is 10.2. The number of hydrogen-bond acceptors (Lipinski definition) is 5. The fraction of sp³-hybridized carbons (Fsp3) is 0.273. The summed E-state index contributed by atoms with van der Waals surface area (Å²) in [6.45, 7) is 1.16. The number of Topliss-reactive ketones (excluding diaryl/α,β-unsaturated/α-hetero) is 1. The first-order valence-electron chi connectivity index (χ1n) is 9.52. The van der Waals surface area contributed by atoms with Crippen LogP contribution in [0.25, 0.3) is 16.7 Å². The molecular formula is C22H23N3O4. The number of furan rings is 1. The topological polar surface area (TPSA) is 89.8 Å². The highest BCUT2D eigenvalue weighted by Crippen LogP contribution is 2.40. The van der Waals surface area contributed by atoms with Crippen LogP contribution < -0.4 is 0 Å². The van der Waals surface area contributed by atoms with Crippen LogP contribution in [0.2, 0.25) is 0 Å². The maximum atomic E-state index is 12.9. The van der Waals surface area contributed by atoms with Crippen LogP contribution in [0, 0.1) is 0 Å². The van der Waals surface area contributed by atoms with Gasteiger partial charge in [-0.2, -0.15) is 0 Å². The number of likely N-dealkylation sites (tertiary alicyclic amines) is 1. The molecule has 2 aromatic heterocycles. The van der Waals surface area contributed by atoms with Crippen molar-refractivity contribution in [2.24, 2.45) is 0 Å². The number of rotatable bonds is 6. The molecule has 1 amide bonds. The molecule has 1 saturated heterocycles. The summed E-state index contributed by atoms with van der Waals surface area (Å²) in [6.07, 6.45) is 3.85. The lowest BCUT2D eigenvalue weighted by molar-refractivity contribution is -0.140. The minimum absolute atomic E-state index is 0.0551. The molecule has 3 aromatic rings. The number of aliphatic hydroxyl groups is 1. The quantitative estimate of drug-likeness (QED) is 0.382. The van der Waals surface area contributed by atoms with E-state index in [1.54, 1.807) is 18.3 Å². The van der Waals surface area contributed by atoms with Crippen LogP contribution in [0.15, 0.2) is 58.8 Å². The molecule has 0 radical (unpaired) electrons. The van der Waals surface area contributed by atoms with Gasteiger partial charge in [-0.1, -0.05) is 18.2 Å². The Morgan fingerprint density at radius 1 is 1.21 bits per heavy atom. The van der Waals surface area contributed by atoms with Gasteiger partial charge in [-0.3, -0.25) is 9.59 Å². The number of nitrogens with one attached hydrogen (secondary N) is 1. The lowest BCUT2D eigenvalue weighted by Gasteiger charge is -2.23. The summed E-state index contributed by atoms with van der Waals surface area (Å²) in [5, 5.41) is 11.9. The van der Waals surface area contributed by atoms with Gasteiger partial charge in [0.15, 0.2) is 0 Å². The summed E-state index contributed by atoms with van der Waals surface area (Å²) >= 11 is 0. The Bertz CT molecular complexity index is 1080. The van der Waals surface area contributed by atoms with Crippen LogP contribution in [-0.4, -0.2) is 58.8 Å². The number of fused-ring (bicyclic) bond motifs is 1. The summed E-state index contributed by atoms with van der Waals surface area (Å²) in [4.78, 5) is 32.3. The number of benzene rings is 1. The van der Waals surface area contributed by atoms with E-state index in [9.17, 15) is 14.7 Å². The molecule has 0 saturated carbocycles. The zero-order valence-electron chi connectivity index (χ0n) is 16.4. The van der Waals surface area contributed by atoms with E-state index < -0.39 is 17.7 Å². The van der Waals surface area contributed by atoms with Gasteiger partial charge in [0.2, 0.25) is 0 Å². The molecule has 2 N–H and O–H groups in total. The molecule has 0 spiro atoms. The van der Waals surface area contributed by atoms with Gasteiger partial charge in [0.25, 0.3) is 11.7 Å². The van der Waals surface area contributed by atoms with Gasteiger partial charge in [-0.25, -0.2) is 0 Å². The first-order valence-corrected chi connectivity index (χ1v) is 9.52. The monoisotopic (exact) mass is 393 g/mol. The molecule has 150 valence electrons. The average molecular weight is 393 g/mol. The molecule has 3 heterocycles. The molecule has 1 aliphatic heterocycles. The van der Waals surface area contributed by atoms with E-state index in [0.29, 0.717) is 24.3 Å². The average Bonchev–Trinajstić information content (AvgIpc) is 3.42. The largest absolute Gasteiger partial charge is 0.507 e. The third-order valence-corrected chi connectivity index (χ3v) is 5.20. The van der Waals surface area contributed by atoms with Crippen molar-refractivity contribution in [2.45, 2.75) is 12.5 Å². The van der Waals surface area contributed by atoms with Gasteiger partial charge in [0, 0.05) is 29.2 Å². The van der Waals surface area contributed by atoms with Crippen molar-refractivity contribution in [1.82, 2.24) is 14.8 Å². The minimum Gasteiger partial charge on any atom is -0.507 e. The maximum absolute atomic E-state index is 12.9. The molecule has 1 aromatic carbocycles. The van der Waals surface area contributed by atoms with Crippen LogP contribution in [0.4, 0.5) is 0 Å². The van der Waals surface area contributed by atoms with E-state index >= 15 is 0 Å². The SMILES string of the molecule is CN(C)CCCN1C(=O)C(=O)/C(=C(/O)c2c[nH]c3ccccc23)C1c1ccco1. The Hall–Kier alpha value is -3.32. The summed E-state index contributed by atoms with van der Waals surface area (Å²) in [5.74, 6) is -1.06. The highest BCUT2D eigenvalue weighted by atomic mass is 16.3. The fourth-order valence-corrected chi connectivity index (χ4v) is 3.82. The fourth-order valence-electron chi connectivity index (χ4n) is 3.82. The van der Waals surface area contributed by atoms with Crippen molar-refractivity contribution in [3.8, 4) is 0 Å². The second-order valence-electron chi connectivity index (χ2n) is 7.41. The number of aliphatic hydroxyl groups excluding tert-OH is 1. The number of ketones is 1. The van der Waals surface area contributed by atoms with Gasteiger partial charge < -0.3 is 24.3 Å². The minimum atomic E-state index is -0.749. The van der Waals surface area contributed by atoms with Crippen LogP contribution in [0.5, 0.6) is 0 Å². The Morgan fingerprint density at radius 2 is 2.00 bits per heavy atom. The molecular weight excluding hydrogens is 370 g/mol. The highest BCUT2D eigenvalue weighted by molar-refractivity contribution is 6.46. The van der Waals surface area contributed by atoms with E-state index in [1.807, 2.05) is 43.3 Å². The van der Waals surface area contributed by atoms with Crippen LogP contribution in [-0.2, 0) is 9.59 Å². The molecule has 1 atom stereocenters. The third kappa shape index (κ3) is 3.34. The molecule has 1 aliphatic rings.